The van der Waals surface area contributed by atoms with Crippen molar-refractivity contribution in [2.45, 2.75) is 13.8 Å². The molecule has 2 aromatic rings. The van der Waals surface area contributed by atoms with Crippen LogP contribution in [0.25, 0.3) is 0 Å². The van der Waals surface area contributed by atoms with Crippen molar-refractivity contribution in [1.29, 1.82) is 5.26 Å². The lowest BCUT2D eigenvalue weighted by Gasteiger charge is -2.01. The fourth-order valence-corrected chi connectivity index (χ4v) is 1.60. The minimum Gasteiger partial charge on any atom is -0.478 e. The number of carbonyl (C=O) groups is 1. The number of nitrogen functional groups attached to an aromatic ring is 2. The minimum absolute atomic E-state index is 0.0671. The normalized spacial score (nSPS) is 9.19. The van der Waals surface area contributed by atoms with E-state index in [0.717, 1.165) is 5.56 Å². The second kappa shape index (κ2) is 6.86. The van der Waals surface area contributed by atoms with Gasteiger partial charge in [-0.05, 0) is 31.0 Å². The minimum atomic E-state index is -1.03. The molecular weight excluding hydrogens is 270 g/mol. The standard InChI is InChI=1S/C7H7N3.C7H8N2O2/c1-5-3-10-4-7(9)6(5)2-8;1-4-2-3-9-6(8)5(4)7(10)11/h3-4H,9H2,1H3;2-3H,1H3,(H2,8,9)(H,10,11). The number of nitriles is 1. The first-order chi connectivity index (χ1) is 9.88. The molecule has 0 fully saturated rings. The number of carboxylic acids is 1. The number of nitrogens with two attached hydrogens (primary N) is 2. The van der Waals surface area contributed by atoms with Crippen LogP contribution in [0.3, 0.4) is 0 Å². The summed E-state index contributed by atoms with van der Waals surface area (Å²) in [5.74, 6) is -0.967. The Morgan fingerprint density at radius 3 is 2.33 bits per heavy atom. The number of anilines is 2. The van der Waals surface area contributed by atoms with Crippen molar-refractivity contribution in [3.63, 3.8) is 0 Å². The van der Waals surface area contributed by atoms with Crippen LogP contribution in [-0.2, 0) is 0 Å². The first-order valence-electron chi connectivity index (χ1n) is 5.93. The van der Waals surface area contributed by atoms with Crippen molar-refractivity contribution in [3.05, 3.63) is 46.9 Å². The Bertz CT molecular complexity index is 666. The van der Waals surface area contributed by atoms with Crippen LogP contribution in [0, 0.1) is 25.2 Å². The highest BCUT2D eigenvalue weighted by Crippen LogP contribution is 2.12. The van der Waals surface area contributed by atoms with E-state index in [1.54, 1.807) is 19.2 Å². The third-order valence-corrected chi connectivity index (χ3v) is 2.68. The van der Waals surface area contributed by atoms with Gasteiger partial charge in [0.25, 0.3) is 0 Å². The number of carboxylic acid groups (broad SMARTS) is 1. The van der Waals surface area contributed by atoms with E-state index in [1.165, 1.54) is 12.4 Å². The molecule has 21 heavy (non-hydrogen) atoms. The number of hydrogen-bond acceptors (Lipinski definition) is 6. The van der Waals surface area contributed by atoms with Crippen molar-refractivity contribution < 1.29 is 9.90 Å². The van der Waals surface area contributed by atoms with Gasteiger partial charge in [0.1, 0.15) is 17.5 Å². The monoisotopic (exact) mass is 285 g/mol. The summed E-state index contributed by atoms with van der Waals surface area (Å²) in [6.07, 6.45) is 4.58. The molecule has 0 saturated carbocycles. The number of hydrogen-bond donors (Lipinski definition) is 3. The molecule has 0 aliphatic rings. The molecule has 0 aromatic carbocycles. The third kappa shape index (κ3) is 3.91. The molecule has 0 spiro atoms. The highest BCUT2D eigenvalue weighted by atomic mass is 16.4. The smallest absolute Gasteiger partial charge is 0.339 e. The zero-order chi connectivity index (χ0) is 16.0. The number of aryl methyl sites for hydroxylation is 2. The van der Waals surface area contributed by atoms with Crippen LogP contribution in [0.1, 0.15) is 27.0 Å². The average Bonchev–Trinajstić information content (AvgIpc) is 2.39. The van der Waals surface area contributed by atoms with E-state index >= 15 is 0 Å². The van der Waals surface area contributed by atoms with Gasteiger partial charge in [-0.2, -0.15) is 5.26 Å². The van der Waals surface area contributed by atoms with E-state index in [0.29, 0.717) is 16.8 Å². The summed E-state index contributed by atoms with van der Waals surface area (Å²) in [5, 5.41) is 17.2. The van der Waals surface area contributed by atoms with Gasteiger partial charge in [0.15, 0.2) is 0 Å². The molecule has 2 aromatic heterocycles. The van der Waals surface area contributed by atoms with Gasteiger partial charge >= 0.3 is 5.97 Å². The second-order valence-electron chi connectivity index (χ2n) is 4.23. The van der Waals surface area contributed by atoms with Crippen molar-refractivity contribution in [1.82, 2.24) is 9.97 Å². The molecule has 7 nitrogen and oxygen atoms in total. The number of nitrogens with zero attached hydrogens (tertiary/aromatic N) is 3. The summed E-state index contributed by atoms with van der Waals surface area (Å²) in [6.45, 7) is 3.49. The number of pyridine rings is 2. The first kappa shape index (κ1) is 15.9. The van der Waals surface area contributed by atoms with Gasteiger partial charge in [-0.3, -0.25) is 4.98 Å². The number of aromatic carboxylic acids is 1. The lowest BCUT2D eigenvalue weighted by atomic mass is 10.1. The van der Waals surface area contributed by atoms with Crippen molar-refractivity contribution in [2.24, 2.45) is 0 Å². The predicted octanol–water partition coefficient (Wildman–Crippen LogP) is 1.51. The molecule has 0 bridgehead atoms. The number of rotatable bonds is 1. The van der Waals surface area contributed by atoms with E-state index in [9.17, 15) is 4.79 Å². The van der Waals surface area contributed by atoms with Crippen LogP contribution in [0.4, 0.5) is 11.5 Å². The molecule has 2 rings (SSSR count). The molecule has 108 valence electrons. The summed E-state index contributed by atoms with van der Waals surface area (Å²) in [6, 6.07) is 3.61. The molecule has 0 saturated heterocycles. The molecule has 0 amide bonds. The topological polar surface area (TPSA) is 139 Å². The lowest BCUT2D eigenvalue weighted by Crippen LogP contribution is -2.06. The zero-order valence-electron chi connectivity index (χ0n) is 11.7. The van der Waals surface area contributed by atoms with Gasteiger partial charge in [0.2, 0.25) is 0 Å². The van der Waals surface area contributed by atoms with Crippen LogP contribution in [0.15, 0.2) is 24.7 Å². The summed E-state index contributed by atoms with van der Waals surface area (Å²) < 4.78 is 0. The quantitative estimate of drug-likeness (QED) is 0.721. The third-order valence-electron chi connectivity index (χ3n) is 2.68. The second-order valence-corrected chi connectivity index (χ2v) is 4.23. The van der Waals surface area contributed by atoms with Gasteiger partial charge in [0.05, 0.1) is 17.4 Å². The van der Waals surface area contributed by atoms with Crippen LogP contribution < -0.4 is 11.5 Å². The Balaban J connectivity index is 0.000000211. The lowest BCUT2D eigenvalue weighted by molar-refractivity contribution is 0.0697. The molecule has 0 atom stereocenters. The Labute approximate surface area is 121 Å². The maximum atomic E-state index is 10.5. The Morgan fingerprint density at radius 1 is 1.29 bits per heavy atom. The maximum absolute atomic E-state index is 10.5. The summed E-state index contributed by atoms with van der Waals surface area (Å²) >= 11 is 0. The highest BCUT2D eigenvalue weighted by molar-refractivity contribution is 5.94. The predicted molar refractivity (Wildman–Crippen MR) is 78.4 cm³/mol. The SMILES string of the molecule is Cc1ccnc(N)c1C(=O)O.Cc1cncc(N)c1C#N. The molecule has 0 aliphatic heterocycles. The van der Waals surface area contributed by atoms with Crippen LogP contribution >= 0.6 is 0 Å². The van der Waals surface area contributed by atoms with E-state index in [2.05, 4.69) is 9.97 Å². The van der Waals surface area contributed by atoms with Gasteiger partial charge in [-0.15, -0.1) is 0 Å². The molecule has 2 heterocycles. The molecule has 7 heteroatoms. The zero-order valence-corrected chi connectivity index (χ0v) is 11.7. The fourth-order valence-electron chi connectivity index (χ4n) is 1.60. The average molecular weight is 285 g/mol. The van der Waals surface area contributed by atoms with E-state index in [1.807, 2.05) is 13.0 Å². The fraction of sp³-hybridized carbons (Fsp3) is 0.143. The maximum Gasteiger partial charge on any atom is 0.339 e. The molecular formula is C14H15N5O2. The van der Waals surface area contributed by atoms with Gasteiger partial charge in [-0.25, -0.2) is 9.78 Å². The van der Waals surface area contributed by atoms with E-state index in [-0.39, 0.29) is 11.4 Å². The highest BCUT2D eigenvalue weighted by Gasteiger charge is 2.10. The molecule has 0 unspecified atom stereocenters. The largest absolute Gasteiger partial charge is 0.478 e. The van der Waals surface area contributed by atoms with Gasteiger partial charge < -0.3 is 16.6 Å². The molecule has 0 radical (unpaired) electrons. The van der Waals surface area contributed by atoms with Crippen LogP contribution in [0.5, 0.6) is 0 Å². The Hall–Kier alpha value is -3.14. The van der Waals surface area contributed by atoms with Crippen LogP contribution in [-0.4, -0.2) is 21.0 Å². The molecule has 5 N–H and O–H groups in total. The summed E-state index contributed by atoms with van der Waals surface area (Å²) in [4.78, 5) is 18.0. The van der Waals surface area contributed by atoms with E-state index in [4.69, 9.17) is 21.8 Å². The van der Waals surface area contributed by atoms with Gasteiger partial charge in [0, 0.05) is 12.4 Å². The summed E-state index contributed by atoms with van der Waals surface area (Å²) in [5.41, 5.74) is 13.3. The van der Waals surface area contributed by atoms with Crippen molar-refractivity contribution >= 4 is 17.5 Å². The first-order valence-corrected chi connectivity index (χ1v) is 5.93. The number of aromatic nitrogens is 2. The van der Waals surface area contributed by atoms with Crippen molar-refractivity contribution in [2.75, 3.05) is 11.5 Å². The van der Waals surface area contributed by atoms with Crippen LogP contribution in [0.2, 0.25) is 0 Å². The Morgan fingerprint density at radius 2 is 1.95 bits per heavy atom. The Kier molecular flexibility index (Phi) is 5.20. The molecule has 0 aliphatic carbocycles. The van der Waals surface area contributed by atoms with E-state index < -0.39 is 5.97 Å². The van der Waals surface area contributed by atoms with Crippen molar-refractivity contribution in [3.8, 4) is 6.07 Å². The van der Waals surface area contributed by atoms with Gasteiger partial charge in [-0.1, -0.05) is 0 Å². The summed E-state index contributed by atoms with van der Waals surface area (Å²) in [7, 11) is 0.